The molecule has 0 bridgehead atoms. The van der Waals surface area contributed by atoms with Crippen LogP contribution in [0.15, 0.2) is 24.3 Å². The van der Waals surface area contributed by atoms with Gasteiger partial charge in [0.2, 0.25) is 0 Å². The van der Waals surface area contributed by atoms with Crippen LogP contribution in [0, 0.1) is 0 Å². The number of benzene rings is 1. The summed E-state index contributed by atoms with van der Waals surface area (Å²) in [5.74, 6) is 0.555. The quantitative estimate of drug-likeness (QED) is 0.702. The van der Waals surface area contributed by atoms with Gasteiger partial charge in [0.05, 0.1) is 10.4 Å². The molecular weight excluding hydrogens is 427 g/mol. The van der Waals surface area contributed by atoms with Crippen LogP contribution in [0.2, 0.25) is 0 Å². The van der Waals surface area contributed by atoms with Crippen molar-refractivity contribution in [1.29, 1.82) is 0 Å². The van der Waals surface area contributed by atoms with Crippen LogP contribution in [0.3, 0.4) is 0 Å². The highest BCUT2D eigenvalue weighted by atomic mass is 32.2. The van der Waals surface area contributed by atoms with Crippen LogP contribution < -0.4 is 5.32 Å². The number of urea groups is 1. The van der Waals surface area contributed by atoms with Crippen molar-refractivity contribution in [3.8, 4) is 0 Å². The molecule has 3 aliphatic rings. The van der Waals surface area contributed by atoms with Gasteiger partial charge in [0, 0.05) is 37.0 Å². The summed E-state index contributed by atoms with van der Waals surface area (Å²) in [5, 5.41) is 3.15. The number of piperidine rings is 1. The summed E-state index contributed by atoms with van der Waals surface area (Å²) < 4.78 is 38.5. The van der Waals surface area contributed by atoms with E-state index >= 15 is 0 Å². The van der Waals surface area contributed by atoms with Gasteiger partial charge in [-0.2, -0.15) is 13.2 Å². The second kappa shape index (κ2) is 8.92. The van der Waals surface area contributed by atoms with Gasteiger partial charge < -0.3 is 15.1 Å². The molecule has 9 heteroatoms. The van der Waals surface area contributed by atoms with Gasteiger partial charge in [0.25, 0.3) is 5.91 Å². The molecule has 2 aliphatic heterocycles. The van der Waals surface area contributed by atoms with E-state index in [1.165, 1.54) is 18.6 Å². The van der Waals surface area contributed by atoms with Crippen molar-refractivity contribution in [2.45, 2.75) is 62.0 Å². The van der Waals surface area contributed by atoms with Crippen LogP contribution in [0.4, 0.5) is 18.0 Å². The van der Waals surface area contributed by atoms with Crippen molar-refractivity contribution >= 4 is 23.7 Å². The fraction of sp³-hybridized carbons (Fsp3) is 0.636. The largest absolute Gasteiger partial charge is 0.416 e. The van der Waals surface area contributed by atoms with Gasteiger partial charge in [-0.15, -0.1) is 11.8 Å². The standard InChI is InChI=1S/C22H28F3N3O2S/c23-22(24,25)17-8-6-16(7-9-17)19(29)28-14-15-31-21(28)10-12-27(13-11-21)20(30)26-18-4-2-1-3-5-18/h6-9,18H,1-5,10-15H2,(H,26,30). The summed E-state index contributed by atoms with van der Waals surface area (Å²) in [6.45, 7) is 1.71. The lowest BCUT2D eigenvalue weighted by Crippen LogP contribution is -2.56. The van der Waals surface area contributed by atoms with E-state index in [1.54, 1.807) is 16.7 Å². The minimum Gasteiger partial charge on any atom is -0.335 e. The van der Waals surface area contributed by atoms with Gasteiger partial charge in [0.15, 0.2) is 0 Å². The third-order valence-corrected chi connectivity index (χ3v) is 8.20. The number of nitrogens with one attached hydrogen (secondary N) is 1. The summed E-state index contributed by atoms with van der Waals surface area (Å²) in [7, 11) is 0. The predicted octanol–water partition coefficient (Wildman–Crippen LogP) is 4.73. The predicted molar refractivity (Wildman–Crippen MR) is 114 cm³/mol. The van der Waals surface area contributed by atoms with Crippen LogP contribution >= 0.6 is 11.8 Å². The molecule has 31 heavy (non-hydrogen) atoms. The van der Waals surface area contributed by atoms with E-state index in [0.29, 0.717) is 32.5 Å². The maximum atomic E-state index is 13.1. The molecule has 1 saturated carbocycles. The van der Waals surface area contributed by atoms with Gasteiger partial charge >= 0.3 is 12.2 Å². The van der Waals surface area contributed by atoms with Gasteiger partial charge in [-0.3, -0.25) is 4.79 Å². The summed E-state index contributed by atoms with van der Waals surface area (Å²) in [4.78, 5) is 29.0. The molecule has 170 valence electrons. The lowest BCUT2D eigenvalue weighted by Gasteiger charge is -2.44. The zero-order chi connectivity index (χ0) is 22.1. The molecule has 1 aromatic rings. The van der Waals surface area contributed by atoms with E-state index in [4.69, 9.17) is 0 Å². The summed E-state index contributed by atoms with van der Waals surface area (Å²) in [5.41, 5.74) is -0.487. The van der Waals surface area contributed by atoms with Crippen molar-refractivity contribution in [2.24, 2.45) is 0 Å². The lowest BCUT2D eigenvalue weighted by molar-refractivity contribution is -0.137. The van der Waals surface area contributed by atoms with E-state index in [2.05, 4.69) is 5.32 Å². The molecule has 3 amide bonds. The van der Waals surface area contributed by atoms with Crippen molar-refractivity contribution in [2.75, 3.05) is 25.4 Å². The molecule has 1 N–H and O–H groups in total. The van der Waals surface area contributed by atoms with Crippen LogP contribution in [-0.4, -0.2) is 58.0 Å². The molecule has 2 saturated heterocycles. The van der Waals surface area contributed by atoms with E-state index < -0.39 is 11.7 Å². The molecule has 1 spiro atoms. The Balaban J connectivity index is 1.38. The Bertz CT molecular complexity index is 801. The van der Waals surface area contributed by atoms with Gasteiger partial charge in [-0.25, -0.2) is 4.79 Å². The Morgan fingerprint density at radius 1 is 1.00 bits per heavy atom. The highest BCUT2D eigenvalue weighted by molar-refractivity contribution is 8.00. The van der Waals surface area contributed by atoms with Crippen LogP contribution in [0.25, 0.3) is 0 Å². The summed E-state index contributed by atoms with van der Waals surface area (Å²) in [6.07, 6.45) is 2.54. The first kappa shape index (κ1) is 22.3. The number of carbonyl (C=O) groups excluding carboxylic acids is 2. The molecule has 5 nitrogen and oxygen atoms in total. The first-order valence-electron chi connectivity index (χ1n) is 11.0. The third kappa shape index (κ3) is 4.81. The van der Waals surface area contributed by atoms with Crippen molar-refractivity contribution in [1.82, 2.24) is 15.1 Å². The first-order valence-corrected chi connectivity index (χ1v) is 12.0. The number of amides is 3. The zero-order valence-electron chi connectivity index (χ0n) is 17.4. The number of hydrogen-bond acceptors (Lipinski definition) is 3. The Labute approximate surface area is 184 Å². The van der Waals surface area contributed by atoms with E-state index in [1.807, 2.05) is 4.90 Å². The van der Waals surface area contributed by atoms with Crippen LogP contribution in [0.5, 0.6) is 0 Å². The molecule has 0 unspecified atom stereocenters. The molecule has 4 rings (SSSR count). The molecule has 0 radical (unpaired) electrons. The second-order valence-corrected chi connectivity index (χ2v) is 10.1. The molecule has 1 aliphatic carbocycles. The summed E-state index contributed by atoms with van der Waals surface area (Å²) >= 11 is 1.72. The average Bonchev–Trinajstić information content (AvgIpc) is 3.16. The molecule has 0 atom stereocenters. The normalized spacial score (nSPS) is 22.0. The second-order valence-electron chi connectivity index (χ2n) is 8.60. The van der Waals surface area contributed by atoms with E-state index in [-0.39, 0.29) is 28.4 Å². The Morgan fingerprint density at radius 3 is 2.26 bits per heavy atom. The molecular formula is C22H28F3N3O2S. The van der Waals surface area contributed by atoms with Gasteiger partial charge in [-0.1, -0.05) is 19.3 Å². The van der Waals surface area contributed by atoms with Crippen molar-refractivity contribution < 1.29 is 22.8 Å². The Morgan fingerprint density at radius 2 is 1.65 bits per heavy atom. The number of carbonyl (C=O) groups is 2. The minimum atomic E-state index is -4.42. The number of nitrogens with zero attached hydrogens (tertiary/aromatic N) is 2. The Hall–Kier alpha value is -1.90. The number of rotatable bonds is 2. The maximum absolute atomic E-state index is 13.1. The third-order valence-electron chi connectivity index (χ3n) is 6.65. The van der Waals surface area contributed by atoms with Crippen LogP contribution in [-0.2, 0) is 6.18 Å². The SMILES string of the molecule is O=C(NC1CCCCC1)N1CCC2(CC1)SCCN2C(=O)c1ccc(C(F)(F)F)cc1. The monoisotopic (exact) mass is 455 g/mol. The molecule has 1 aromatic carbocycles. The number of halogens is 3. The first-order chi connectivity index (χ1) is 14.8. The van der Waals surface area contributed by atoms with Gasteiger partial charge in [0.1, 0.15) is 0 Å². The smallest absolute Gasteiger partial charge is 0.335 e. The summed E-state index contributed by atoms with van der Waals surface area (Å²) in [6, 6.07) is 4.67. The fourth-order valence-electron chi connectivity index (χ4n) is 4.84. The number of thioether (sulfide) groups is 1. The number of alkyl halides is 3. The highest BCUT2D eigenvalue weighted by Crippen LogP contribution is 2.44. The van der Waals surface area contributed by atoms with E-state index in [9.17, 15) is 22.8 Å². The van der Waals surface area contributed by atoms with Crippen molar-refractivity contribution in [3.63, 3.8) is 0 Å². The fourth-order valence-corrected chi connectivity index (χ4v) is 6.29. The average molecular weight is 456 g/mol. The topological polar surface area (TPSA) is 52.7 Å². The number of hydrogen-bond donors (Lipinski definition) is 1. The zero-order valence-corrected chi connectivity index (χ0v) is 18.2. The van der Waals surface area contributed by atoms with Crippen LogP contribution in [0.1, 0.15) is 60.9 Å². The molecule has 3 fully saturated rings. The van der Waals surface area contributed by atoms with Crippen molar-refractivity contribution in [3.05, 3.63) is 35.4 Å². The maximum Gasteiger partial charge on any atom is 0.416 e. The lowest BCUT2D eigenvalue weighted by atomic mass is 9.95. The van der Waals surface area contributed by atoms with Gasteiger partial charge in [-0.05, 0) is 49.9 Å². The number of likely N-dealkylation sites (tertiary alicyclic amines) is 1. The highest BCUT2D eigenvalue weighted by Gasteiger charge is 2.47. The molecule has 0 aromatic heterocycles. The minimum absolute atomic E-state index is 0.0228. The Kier molecular flexibility index (Phi) is 6.42. The molecule has 2 heterocycles. The van der Waals surface area contributed by atoms with E-state index in [0.717, 1.165) is 43.6 Å².